The maximum absolute atomic E-state index is 14.2. The van der Waals surface area contributed by atoms with E-state index < -0.39 is 76.4 Å². The highest BCUT2D eigenvalue weighted by molar-refractivity contribution is 6.32. The van der Waals surface area contributed by atoms with E-state index in [0.29, 0.717) is 16.7 Å². The molecule has 0 saturated heterocycles. The molecule has 226 valence electrons. The number of amides is 1. The van der Waals surface area contributed by atoms with Crippen molar-refractivity contribution in [1.29, 1.82) is 0 Å². The molecule has 0 bridgehead atoms. The molecule has 2 unspecified atom stereocenters. The summed E-state index contributed by atoms with van der Waals surface area (Å²) in [5.74, 6) is -13.5. The zero-order valence-corrected chi connectivity index (χ0v) is 24.4. The van der Waals surface area contributed by atoms with Crippen LogP contribution in [0.1, 0.15) is 34.3 Å². The minimum atomic E-state index is -3.04. The molecule has 0 aromatic heterocycles. The highest BCUT2D eigenvalue weighted by Gasteiger charge is 2.72. The Morgan fingerprint density at radius 3 is 2.23 bits per heavy atom. The molecule has 3 aliphatic rings. The van der Waals surface area contributed by atoms with E-state index in [0.717, 1.165) is 16.3 Å². The first kappa shape index (κ1) is 29.6. The number of fused-ring (bicyclic) bond motifs is 4. The van der Waals surface area contributed by atoms with Gasteiger partial charge in [0.05, 0.1) is 29.5 Å². The van der Waals surface area contributed by atoms with Crippen molar-refractivity contribution in [3.63, 3.8) is 0 Å². The lowest BCUT2D eigenvalue weighted by atomic mass is 9.49. The number of nitrogens with zero attached hydrogens (tertiary/aromatic N) is 1. The zero-order valence-electron chi connectivity index (χ0n) is 24.4. The van der Waals surface area contributed by atoms with Gasteiger partial charge in [0, 0.05) is 11.5 Å². The lowest BCUT2D eigenvalue weighted by Crippen LogP contribution is -2.77. The first-order valence-corrected chi connectivity index (χ1v) is 14.3. The number of hydrogen-bond acceptors (Lipinski definition) is 9. The molecule has 3 aliphatic carbocycles. The van der Waals surface area contributed by atoms with Gasteiger partial charge in [0.1, 0.15) is 5.75 Å². The van der Waals surface area contributed by atoms with Gasteiger partial charge in [-0.15, -0.1) is 0 Å². The van der Waals surface area contributed by atoms with Gasteiger partial charge in [-0.1, -0.05) is 68.1 Å². The number of rotatable bonds is 4. The third kappa shape index (κ3) is 3.68. The van der Waals surface area contributed by atoms with E-state index in [9.17, 15) is 39.3 Å². The summed E-state index contributed by atoms with van der Waals surface area (Å²) in [6.45, 7) is 5.54. The van der Waals surface area contributed by atoms with Crippen molar-refractivity contribution in [3.05, 3.63) is 71.8 Å². The van der Waals surface area contributed by atoms with Crippen LogP contribution in [0.25, 0.3) is 28.0 Å². The molecule has 44 heavy (non-hydrogen) atoms. The standard InChI is InChI=1S/C34H32N2O8/c1-5-15-10-11-19(18-9-7-6-8-17(15)18)20-13-12-16-14(2)21-23(28(38)22(16)27(20)37)31(41)34(44)25(29(21)39)26(36(3)4)30(40)24(32(34)42)33(35)43/h5-14,21,23-26,29,37,39,44H,1H2,2-4H3,(H2,35,43)/t14-,21+,23?,24?,25+,26-,29-,34-/m0/s1. The molecule has 6 rings (SSSR count). The normalized spacial score (nSPS) is 31.5. The van der Waals surface area contributed by atoms with Crippen LogP contribution in [0.5, 0.6) is 5.75 Å². The van der Waals surface area contributed by atoms with Gasteiger partial charge in [-0.3, -0.25) is 28.9 Å². The molecule has 0 heterocycles. The van der Waals surface area contributed by atoms with Gasteiger partial charge in [-0.25, -0.2) is 0 Å². The number of likely N-dealkylation sites (N-methyl/N-ethyl adjacent to an activating group) is 1. The Morgan fingerprint density at radius 1 is 0.977 bits per heavy atom. The number of phenols is 1. The average Bonchev–Trinajstić information content (AvgIpc) is 2.98. The topological polar surface area (TPSA) is 175 Å². The van der Waals surface area contributed by atoms with Crippen LogP contribution in [0.3, 0.4) is 0 Å². The third-order valence-electron chi connectivity index (χ3n) is 9.96. The van der Waals surface area contributed by atoms with E-state index in [2.05, 4.69) is 6.58 Å². The molecule has 0 spiro atoms. The van der Waals surface area contributed by atoms with Gasteiger partial charge >= 0.3 is 0 Å². The van der Waals surface area contributed by atoms with Crippen LogP contribution in [-0.2, 0) is 19.2 Å². The Hall–Kier alpha value is -4.51. The van der Waals surface area contributed by atoms with Crippen LogP contribution in [0.2, 0.25) is 0 Å². The summed E-state index contributed by atoms with van der Waals surface area (Å²) in [5.41, 5.74) is 4.40. The number of benzene rings is 3. The fourth-order valence-electron chi connectivity index (χ4n) is 7.94. The van der Waals surface area contributed by atoms with Crippen molar-refractivity contribution in [1.82, 2.24) is 4.90 Å². The largest absolute Gasteiger partial charge is 0.507 e. The highest BCUT2D eigenvalue weighted by Crippen LogP contribution is 2.55. The van der Waals surface area contributed by atoms with E-state index >= 15 is 0 Å². The Bertz CT molecular complexity index is 1830. The van der Waals surface area contributed by atoms with Crippen molar-refractivity contribution < 1.29 is 39.3 Å². The highest BCUT2D eigenvalue weighted by atomic mass is 16.3. The number of nitrogens with two attached hydrogens (primary N) is 1. The lowest BCUT2D eigenvalue weighted by molar-refractivity contribution is -0.196. The molecule has 0 radical (unpaired) electrons. The number of ketones is 4. The fraction of sp³-hybridized carbons (Fsp3) is 0.324. The predicted octanol–water partition coefficient (Wildman–Crippen LogP) is 1.86. The van der Waals surface area contributed by atoms with Gasteiger partial charge in [0.2, 0.25) is 5.91 Å². The Morgan fingerprint density at radius 2 is 1.61 bits per heavy atom. The Balaban J connectivity index is 1.54. The second-order valence-corrected chi connectivity index (χ2v) is 12.2. The molecular formula is C34H32N2O8. The molecule has 3 aromatic rings. The number of aliphatic hydroxyl groups is 2. The summed E-state index contributed by atoms with van der Waals surface area (Å²) in [6, 6.07) is 13.1. The van der Waals surface area contributed by atoms with E-state index in [1.54, 1.807) is 31.2 Å². The molecule has 5 N–H and O–H groups in total. The second-order valence-electron chi connectivity index (χ2n) is 12.2. The molecule has 2 fully saturated rings. The van der Waals surface area contributed by atoms with Crippen molar-refractivity contribution in [2.75, 3.05) is 14.1 Å². The minimum Gasteiger partial charge on any atom is -0.507 e. The number of hydrogen-bond donors (Lipinski definition) is 4. The molecule has 2 saturated carbocycles. The van der Waals surface area contributed by atoms with E-state index in [-0.39, 0.29) is 11.3 Å². The fourth-order valence-corrected chi connectivity index (χ4v) is 7.94. The van der Waals surface area contributed by atoms with Crippen LogP contribution in [-0.4, -0.2) is 81.1 Å². The third-order valence-corrected chi connectivity index (χ3v) is 9.96. The summed E-state index contributed by atoms with van der Waals surface area (Å²) in [4.78, 5) is 68.9. The van der Waals surface area contributed by atoms with Crippen molar-refractivity contribution >= 4 is 45.9 Å². The summed E-state index contributed by atoms with van der Waals surface area (Å²) < 4.78 is 0. The lowest BCUT2D eigenvalue weighted by Gasteiger charge is -2.56. The van der Waals surface area contributed by atoms with E-state index in [4.69, 9.17) is 5.73 Å². The number of aliphatic hydroxyl groups excluding tert-OH is 1. The summed E-state index contributed by atoms with van der Waals surface area (Å²) >= 11 is 0. The molecule has 0 aliphatic heterocycles. The van der Waals surface area contributed by atoms with Crippen molar-refractivity contribution in [2.45, 2.75) is 30.6 Å². The zero-order chi connectivity index (χ0) is 32.0. The number of carbonyl (C=O) groups excluding carboxylic acids is 5. The summed E-state index contributed by atoms with van der Waals surface area (Å²) in [7, 11) is 2.91. The van der Waals surface area contributed by atoms with Crippen LogP contribution >= 0.6 is 0 Å². The molecule has 8 atom stereocenters. The molecule has 1 amide bonds. The predicted molar refractivity (Wildman–Crippen MR) is 160 cm³/mol. The van der Waals surface area contributed by atoms with Crippen LogP contribution < -0.4 is 5.73 Å². The maximum Gasteiger partial charge on any atom is 0.235 e. The monoisotopic (exact) mass is 596 g/mol. The number of phenolic OH excluding ortho intramolecular Hbond substituents is 1. The van der Waals surface area contributed by atoms with Crippen LogP contribution in [0, 0.1) is 23.7 Å². The second kappa shape index (κ2) is 10.0. The van der Waals surface area contributed by atoms with Gasteiger partial charge < -0.3 is 21.1 Å². The molecule has 3 aromatic carbocycles. The van der Waals surface area contributed by atoms with Gasteiger partial charge in [-0.05, 0) is 47.5 Å². The van der Waals surface area contributed by atoms with Crippen LogP contribution in [0.15, 0.2) is 55.1 Å². The van der Waals surface area contributed by atoms with Gasteiger partial charge in [0.15, 0.2) is 34.7 Å². The SMILES string of the molecule is C=Cc1ccc(-c2ccc3c(c2O)C(=O)C2C(=O)[C@]4(O)C(=O)C(C(N)=O)C(=O)[C@@H](N(C)C)[C@@H]4[C@@H](O)[C@@H]2[C@H]3C)c2ccccc12. The van der Waals surface area contributed by atoms with E-state index in [1.807, 2.05) is 30.3 Å². The first-order chi connectivity index (χ1) is 20.8. The Kier molecular flexibility index (Phi) is 6.73. The summed E-state index contributed by atoms with van der Waals surface area (Å²) in [6.07, 6.45) is 0.0347. The number of Topliss-reactive ketones (excluding diaryl/α,β-unsaturated/α-hetero) is 4. The quantitative estimate of drug-likeness (QED) is 0.328. The number of carbonyl (C=O) groups is 5. The Labute approximate surface area is 252 Å². The van der Waals surface area contributed by atoms with Crippen molar-refractivity contribution in [3.8, 4) is 16.9 Å². The van der Waals surface area contributed by atoms with Gasteiger partial charge in [0.25, 0.3) is 0 Å². The maximum atomic E-state index is 14.2. The number of primary amides is 1. The molecule has 10 heteroatoms. The average molecular weight is 597 g/mol. The minimum absolute atomic E-state index is 0.148. The van der Waals surface area contributed by atoms with E-state index in [1.165, 1.54) is 19.0 Å². The van der Waals surface area contributed by atoms with Gasteiger partial charge in [-0.2, -0.15) is 0 Å². The van der Waals surface area contributed by atoms with Crippen LogP contribution in [0.4, 0.5) is 0 Å². The first-order valence-electron chi connectivity index (χ1n) is 14.3. The van der Waals surface area contributed by atoms with Crippen molar-refractivity contribution in [2.24, 2.45) is 29.4 Å². The molecule has 10 nitrogen and oxygen atoms in total. The number of aromatic hydroxyl groups is 1. The summed E-state index contributed by atoms with van der Waals surface area (Å²) in [5, 5.41) is 36.9. The smallest absolute Gasteiger partial charge is 0.235 e. The molecular weight excluding hydrogens is 564 g/mol.